The first-order valence-corrected chi connectivity index (χ1v) is 10.9. The van der Waals surface area contributed by atoms with Gasteiger partial charge in [0.05, 0.1) is 11.8 Å². The van der Waals surface area contributed by atoms with Crippen LogP contribution in [0.1, 0.15) is 30.4 Å². The number of halogens is 1. The van der Waals surface area contributed by atoms with Gasteiger partial charge < -0.3 is 10.5 Å². The van der Waals surface area contributed by atoms with Crippen molar-refractivity contribution < 1.29 is 13.9 Å². The minimum absolute atomic E-state index is 0.0730. The molecule has 1 amide bonds. The first-order chi connectivity index (χ1) is 15.9. The number of carbonyl (C=O) groups is 1. The van der Waals surface area contributed by atoms with Crippen LogP contribution >= 0.6 is 0 Å². The van der Waals surface area contributed by atoms with Crippen molar-refractivity contribution in [3.63, 3.8) is 0 Å². The molecule has 1 aliphatic rings. The van der Waals surface area contributed by atoms with E-state index in [9.17, 15) is 14.4 Å². The van der Waals surface area contributed by atoms with Crippen molar-refractivity contribution >= 4 is 22.5 Å². The lowest BCUT2D eigenvalue weighted by atomic mass is 9.99. The molecule has 1 aromatic carbocycles. The topological polar surface area (TPSA) is 86.8 Å². The Morgan fingerprint density at radius 1 is 1.24 bits per heavy atom. The smallest absolute Gasteiger partial charge is 0.229 e. The Kier molecular flexibility index (Phi) is 5.08. The highest BCUT2D eigenvalue weighted by Gasteiger charge is 2.54. The number of rotatable bonds is 5. The van der Waals surface area contributed by atoms with E-state index in [2.05, 4.69) is 22.3 Å². The Morgan fingerprint density at radius 2 is 2.06 bits per heavy atom. The number of amides is 1. The van der Waals surface area contributed by atoms with Crippen LogP contribution in [0.4, 0.5) is 10.2 Å². The van der Waals surface area contributed by atoms with Gasteiger partial charge in [0.25, 0.3) is 0 Å². The number of aromatic nitrogens is 4. The van der Waals surface area contributed by atoms with E-state index in [0.717, 1.165) is 22.9 Å². The molecule has 1 fully saturated rings. The van der Waals surface area contributed by atoms with Gasteiger partial charge in [-0.2, -0.15) is 9.83 Å². The molecule has 5 rings (SSSR count). The number of hydrogen-bond acceptors (Lipinski definition) is 4. The largest absolute Gasteiger partial charge is 0.619 e. The zero-order valence-electron chi connectivity index (χ0n) is 18.6. The van der Waals surface area contributed by atoms with E-state index in [0.29, 0.717) is 27.1 Å². The van der Waals surface area contributed by atoms with Crippen molar-refractivity contribution in [2.24, 2.45) is 18.9 Å². The normalized spacial score (nSPS) is 19.6. The first-order valence-electron chi connectivity index (χ1n) is 10.9. The molecule has 0 radical (unpaired) electrons. The highest BCUT2D eigenvalue weighted by molar-refractivity contribution is 5.97. The predicted octanol–water partition coefficient (Wildman–Crippen LogP) is 4.09. The molecular formula is C25H24FN5O2. The molecule has 0 saturated heterocycles. The Labute approximate surface area is 190 Å². The number of carbonyl (C=O) groups excluding carboxylic acids is 1. The third-order valence-electron chi connectivity index (χ3n) is 6.55. The third-order valence-corrected chi connectivity index (χ3v) is 6.55. The zero-order chi connectivity index (χ0) is 23.3. The molecule has 0 spiro atoms. The number of aryl methyl sites for hydroxylation is 2. The summed E-state index contributed by atoms with van der Waals surface area (Å²) in [6.07, 6.45) is 8.98. The van der Waals surface area contributed by atoms with Gasteiger partial charge in [0, 0.05) is 48.3 Å². The Hall–Kier alpha value is -3.81. The number of nitrogens with zero attached hydrogens (tertiary/aromatic N) is 4. The summed E-state index contributed by atoms with van der Waals surface area (Å²) in [4.78, 5) is 17.3. The number of anilines is 1. The molecule has 0 bridgehead atoms. The Balaban J connectivity index is 1.43. The second-order valence-corrected chi connectivity index (χ2v) is 8.71. The zero-order valence-corrected chi connectivity index (χ0v) is 18.6. The summed E-state index contributed by atoms with van der Waals surface area (Å²) in [6, 6.07) is 6.48. The fourth-order valence-corrected chi connectivity index (χ4v) is 4.79. The minimum atomic E-state index is -0.432. The van der Waals surface area contributed by atoms with Gasteiger partial charge in [-0.25, -0.2) is 9.37 Å². The fourth-order valence-electron chi connectivity index (χ4n) is 4.79. The van der Waals surface area contributed by atoms with Crippen molar-refractivity contribution in [1.82, 2.24) is 14.8 Å². The molecule has 33 heavy (non-hydrogen) atoms. The molecule has 168 valence electrons. The summed E-state index contributed by atoms with van der Waals surface area (Å²) >= 11 is 0. The Bertz CT molecular complexity index is 1380. The molecule has 1 N–H and O–H groups in total. The number of benzene rings is 1. The summed E-state index contributed by atoms with van der Waals surface area (Å²) in [6.45, 7) is 3.92. The van der Waals surface area contributed by atoms with E-state index in [4.69, 9.17) is 0 Å². The fraction of sp³-hybridized carbons (Fsp3) is 0.280. The maximum atomic E-state index is 14.8. The molecule has 1 aliphatic carbocycles. The van der Waals surface area contributed by atoms with Crippen LogP contribution in [0.2, 0.25) is 0 Å². The lowest BCUT2D eigenvalue weighted by Crippen LogP contribution is -2.24. The molecule has 3 aromatic heterocycles. The number of pyridine rings is 2. The average molecular weight is 445 g/mol. The van der Waals surface area contributed by atoms with Crippen LogP contribution in [0.5, 0.6) is 0 Å². The van der Waals surface area contributed by atoms with Crippen molar-refractivity contribution in [2.75, 3.05) is 5.32 Å². The first kappa shape index (κ1) is 21.1. The maximum absolute atomic E-state index is 14.8. The van der Waals surface area contributed by atoms with Gasteiger partial charge >= 0.3 is 0 Å². The number of fused-ring (bicyclic) bond motifs is 1. The summed E-state index contributed by atoms with van der Waals surface area (Å²) in [5, 5.41) is 20.3. The van der Waals surface area contributed by atoms with Gasteiger partial charge in [0.15, 0.2) is 12.4 Å². The van der Waals surface area contributed by atoms with Crippen LogP contribution < -0.4 is 10.0 Å². The van der Waals surface area contributed by atoms with E-state index in [1.165, 1.54) is 18.5 Å². The van der Waals surface area contributed by atoms with Crippen LogP contribution in [-0.4, -0.2) is 20.7 Å². The predicted molar refractivity (Wildman–Crippen MR) is 123 cm³/mol. The van der Waals surface area contributed by atoms with Crippen molar-refractivity contribution in [3.05, 3.63) is 77.4 Å². The maximum Gasteiger partial charge on any atom is 0.229 e. The lowest BCUT2D eigenvalue weighted by molar-refractivity contribution is -0.604. The van der Waals surface area contributed by atoms with Crippen LogP contribution in [-0.2, 0) is 11.8 Å². The van der Waals surface area contributed by atoms with Crippen LogP contribution in [0.3, 0.4) is 0 Å². The molecule has 3 atom stereocenters. The molecule has 7 nitrogen and oxygen atoms in total. The van der Waals surface area contributed by atoms with E-state index in [1.54, 1.807) is 29.1 Å². The van der Waals surface area contributed by atoms with Gasteiger partial charge in [0.2, 0.25) is 5.91 Å². The Morgan fingerprint density at radius 3 is 2.79 bits per heavy atom. The van der Waals surface area contributed by atoms with Crippen molar-refractivity contribution in [3.8, 4) is 11.1 Å². The quantitative estimate of drug-likeness (QED) is 0.370. The second-order valence-electron chi connectivity index (χ2n) is 8.71. The van der Waals surface area contributed by atoms with Gasteiger partial charge in [-0.05, 0) is 47.6 Å². The van der Waals surface area contributed by atoms with Crippen molar-refractivity contribution in [2.45, 2.75) is 26.2 Å². The highest BCUT2D eigenvalue weighted by Crippen LogP contribution is 2.56. The van der Waals surface area contributed by atoms with E-state index < -0.39 is 5.82 Å². The molecule has 4 aromatic rings. The average Bonchev–Trinajstić information content (AvgIpc) is 3.38. The van der Waals surface area contributed by atoms with Gasteiger partial charge in [0.1, 0.15) is 11.6 Å². The van der Waals surface area contributed by atoms with Gasteiger partial charge in [-0.3, -0.25) is 9.48 Å². The molecule has 3 heterocycles. The molecule has 0 unspecified atom stereocenters. The third kappa shape index (κ3) is 3.82. The summed E-state index contributed by atoms with van der Waals surface area (Å²) in [5.74, 6) is 0.218. The summed E-state index contributed by atoms with van der Waals surface area (Å²) in [5.41, 5.74) is 2.73. The molecule has 0 aliphatic heterocycles. The molecule has 1 saturated carbocycles. The van der Waals surface area contributed by atoms with E-state index in [-0.39, 0.29) is 23.7 Å². The summed E-state index contributed by atoms with van der Waals surface area (Å²) in [7, 11) is 1.87. The second kappa shape index (κ2) is 7.95. The molecular weight excluding hydrogens is 421 g/mol. The van der Waals surface area contributed by atoms with Gasteiger partial charge in [-0.15, -0.1) is 0 Å². The molecule has 8 heteroatoms. The van der Waals surface area contributed by atoms with Crippen LogP contribution in [0.25, 0.3) is 21.9 Å². The summed E-state index contributed by atoms with van der Waals surface area (Å²) < 4.78 is 17.2. The lowest BCUT2D eigenvalue weighted by Gasteiger charge is -2.10. The van der Waals surface area contributed by atoms with E-state index in [1.807, 2.05) is 26.4 Å². The highest BCUT2D eigenvalue weighted by atomic mass is 19.1. The monoisotopic (exact) mass is 445 g/mol. The van der Waals surface area contributed by atoms with Gasteiger partial charge in [-0.1, -0.05) is 13.3 Å². The van der Waals surface area contributed by atoms with Crippen LogP contribution in [0.15, 0.2) is 55.2 Å². The van der Waals surface area contributed by atoms with Crippen molar-refractivity contribution in [1.29, 1.82) is 0 Å². The van der Waals surface area contributed by atoms with E-state index >= 15 is 0 Å². The van der Waals surface area contributed by atoms with Crippen LogP contribution in [0, 0.1) is 29.8 Å². The SMILES string of the molecule is CC[C@@H]1[C@H](C(=O)Nc2cc3cc(-c4c[n+]([O-])ccc4C)c(F)cc3cn2)[C@H]1c1cnn(C)c1. The number of nitrogens with one attached hydrogen (secondary N) is 1. The minimum Gasteiger partial charge on any atom is -0.619 e. The standard InChI is InChI=1S/C25H24FN5O2/c1-4-18-23(17-11-28-30(3)12-17)24(18)25(32)29-22-9-15-7-19(21(26)8-16(15)10-27-22)20-13-31(33)6-5-14(20)2/h5-13,18,23-24H,4H2,1-3H3,(H,27,29,32)/t18-,23-,24-/m0/s1. The number of hydrogen-bond donors (Lipinski definition) is 1.